The smallest absolute Gasteiger partial charge is 0.255 e. The van der Waals surface area contributed by atoms with Crippen LogP contribution >= 0.6 is 11.8 Å². The molecule has 1 atom stereocenters. The van der Waals surface area contributed by atoms with Crippen LogP contribution in [-0.2, 0) is 4.79 Å². The summed E-state index contributed by atoms with van der Waals surface area (Å²) in [6.45, 7) is 0. The van der Waals surface area contributed by atoms with E-state index in [1.807, 2.05) is 0 Å². The number of amides is 2. The number of carbonyl (C=O) groups excluding carboxylic acids is 2. The van der Waals surface area contributed by atoms with Crippen LogP contribution in [0.3, 0.4) is 0 Å². The van der Waals surface area contributed by atoms with Gasteiger partial charge in [0.2, 0.25) is 11.7 Å². The Morgan fingerprint density at radius 2 is 1.60 bits per heavy atom. The minimum Gasteiger partial charge on any atom is -0.497 e. The second kappa shape index (κ2) is 9.62. The molecule has 0 bridgehead atoms. The van der Waals surface area contributed by atoms with Gasteiger partial charge in [0, 0.05) is 17.0 Å². The maximum Gasteiger partial charge on any atom is 0.255 e. The molecule has 1 fully saturated rings. The number of benzene rings is 2. The number of hydrogen-bond acceptors (Lipinski definition) is 7. The Balaban J connectivity index is 1.80. The van der Waals surface area contributed by atoms with Crippen LogP contribution in [0.15, 0.2) is 36.4 Å². The Kier molecular flexibility index (Phi) is 6.94. The van der Waals surface area contributed by atoms with Crippen LogP contribution in [0.2, 0.25) is 0 Å². The Labute approximate surface area is 179 Å². The van der Waals surface area contributed by atoms with Gasteiger partial charge in [-0.3, -0.25) is 9.59 Å². The second-order valence-corrected chi connectivity index (χ2v) is 7.42. The van der Waals surface area contributed by atoms with Gasteiger partial charge in [0.25, 0.3) is 5.91 Å². The van der Waals surface area contributed by atoms with Crippen LogP contribution < -0.4 is 24.3 Å². The van der Waals surface area contributed by atoms with Gasteiger partial charge >= 0.3 is 0 Å². The molecule has 1 unspecified atom stereocenters. The molecule has 8 nitrogen and oxygen atoms in total. The van der Waals surface area contributed by atoms with Crippen molar-refractivity contribution in [2.75, 3.05) is 45.4 Å². The van der Waals surface area contributed by atoms with Crippen molar-refractivity contribution in [1.29, 1.82) is 0 Å². The third-order valence-corrected chi connectivity index (χ3v) is 5.73. The maximum absolute atomic E-state index is 13.2. The van der Waals surface area contributed by atoms with Crippen LogP contribution in [0.5, 0.6) is 23.0 Å². The number of ether oxygens (including phenoxy) is 4. The Morgan fingerprint density at radius 3 is 2.13 bits per heavy atom. The number of nitrogens with zero attached hydrogens (tertiary/aromatic N) is 1. The normalized spacial score (nSPS) is 15.5. The van der Waals surface area contributed by atoms with Gasteiger partial charge < -0.3 is 29.2 Å². The molecule has 0 spiro atoms. The number of rotatable bonds is 7. The van der Waals surface area contributed by atoms with Gasteiger partial charge in [-0.25, -0.2) is 0 Å². The van der Waals surface area contributed by atoms with E-state index >= 15 is 0 Å². The molecule has 1 saturated heterocycles. The molecule has 0 radical (unpaired) electrons. The van der Waals surface area contributed by atoms with Crippen molar-refractivity contribution < 1.29 is 28.5 Å². The van der Waals surface area contributed by atoms with Crippen LogP contribution in [0.4, 0.5) is 5.69 Å². The predicted octanol–water partition coefficient (Wildman–Crippen LogP) is 2.87. The van der Waals surface area contributed by atoms with Gasteiger partial charge in [-0.05, 0) is 36.4 Å². The SMILES string of the molecule is COc1ccc(NC(=O)C2CSCN2C(=O)c2cc(OC)c(OC)c(OC)c2)cc1. The lowest BCUT2D eigenvalue weighted by Gasteiger charge is -2.24. The Bertz CT molecular complexity index is 893. The quantitative estimate of drug-likeness (QED) is 0.720. The van der Waals surface area contributed by atoms with Gasteiger partial charge in [0.05, 0.1) is 34.3 Å². The average molecular weight is 432 g/mol. The van der Waals surface area contributed by atoms with Crippen LogP contribution in [0.1, 0.15) is 10.4 Å². The van der Waals surface area contributed by atoms with Gasteiger partial charge in [-0.2, -0.15) is 0 Å². The van der Waals surface area contributed by atoms with E-state index in [1.165, 1.54) is 33.1 Å². The summed E-state index contributed by atoms with van der Waals surface area (Å²) in [5.74, 6) is 2.26. The number of carbonyl (C=O) groups is 2. The zero-order chi connectivity index (χ0) is 21.7. The fourth-order valence-corrected chi connectivity index (χ4v) is 4.28. The summed E-state index contributed by atoms with van der Waals surface area (Å²) >= 11 is 1.52. The fourth-order valence-electron chi connectivity index (χ4n) is 3.13. The lowest BCUT2D eigenvalue weighted by atomic mass is 10.1. The van der Waals surface area contributed by atoms with Crippen molar-refractivity contribution in [2.45, 2.75) is 6.04 Å². The lowest BCUT2D eigenvalue weighted by molar-refractivity contribution is -0.119. The number of methoxy groups -OCH3 is 4. The molecule has 2 amide bonds. The standard InChI is InChI=1S/C21H24N2O6S/c1-26-15-7-5-14(6-8-15)22-20(24)16-11-30-12-23(16)21(25)13-9-17(27-2)19(29-4)18(10-13)28-3/h5-10,16H,11-12H2,1-4H3,(H,22,24). The molecule has 0 saturated carbocycles. The highest BCUT2D eigenvalue weighted by Gasteiger charge is 2.36. The summed E-state index contributed by atoms with van der Waals surface area (Å²) in [5, 5.41) is 2.86. The van der Waals surface area contributed by atoms with Gasteiger partial charge in [0.15, 0.2) is 11.5 Å². The van der Waals surface area contributed by atoms with E-state index in [-0.39, 0.29) is 11.8 Å². The molecule has 1 aliphatic rings. The van der Waals surface area contributed by atoms with Gasteiger partial charge in [-0.1, -0.05) is 0 Å². The van der Waals surface area contributed by atoms with E-state index in [9.17, 15) is 9.59 Å². The third kappa shape index (κ3) is 4.40. The molecule has 160 valence electrons. The van der Waals surface area contributed by atoms with E-state index < -0.39 is 6.04 Å². The first kappa shape index (κ1) is 21.6. The zero-order valence-electron chi connectivity index (χ0n) is 17.3. The van der Waals surface area contributed by atoms with E-state index in [2.05, 4.69) is 5.32 Å². The Hall–Kier alpha value is -3.07. The molecule has 2 aromatic rings. The van der Waals surface area contributed by atoms with E-state index in [1.54, 1.807) is 48.4 Å². The van der Waals surface area contributed by atoms with Crippen LogP contribution in [0, 0.1) is 0 Å². The number of nitrogens with one attached hydrogen (secondary N) is 1. The molecule has 0 aromatic heterocycles. The van der Waals surface area contributed by atoms with Gasteiger partial charge in [0.1, 0.15) is 11.8 Å². The summed E-state index contributed by atoms with van der Waals surface area (Å²) < 4.78 is 21.1. The highest BCUT2D eigenvalue weighted by molar-refractivity contribution is 7.99. The van der Waals surface area contributed by atoms with Crippen molar-refractivity contribution in [2.24, 2.45) is 0 Å². The van der Waals surface area contributed by atoms with E-state index in [0.717, 1.165) is 0 Å². The predicted molar refractivity (Wildman–Crippen MR) is 115 cm³/mol. The number of anilines is 1. The molecule has 1 N–H and O–H groups in total. The first-order chi connectivity index (χ1) is 14.5. The number of thioether (sulfide) groups is 1. The van der Waals surface area contributed by atoms with Crippen LogP contribution in [0.25, 0.3) is 0 Å². The summed E-state index contributed by atoms with van der Waals surface area (Å²) in [4.78, 5) is 27.6. The van der Waals surface area contributed by atoms with Crippen molar-refractivity contribution in [3.63, 3.8) is 0 Å². The van der Waals surface area contributed by atoms with Crippen molar-refractivity contribution in [1.82, 2.24) is 4.90 Å². The van der Waals surface area contributed by atoms with E-state index in [0.29, 0.717) is 45.9 Å². The highest BCUT2D eigenvalue weighted by atomic mass is 32.2. The molecule has 0 aliphatic carbocycles. The van der Waals surface area contributed by atoms with Crippen molar-refractivity contribution >= 4 is 29.3 Å². The van der Waals surface area contributed by atoms with Gasteiger partial charge in [-0.15, -0.1) is 11.8 Å². The fraction of sp³-hybridized carbons (Fsp3) is 0.333. The second-order valence-electron chi connectivity index (χ2n) is 6.42. The summed E-state index contributed by atoms with van der Waals surface area (Å²) in [5.41, 5.74) is 0.993. The lowest BCUT2D eigenvalue weighted by Crippen LogP contribution is -2.44. The van der Waals surface area contributed by atoms with Crippen molar-refractivity contribution in [3.8, 4) is 23.0 Å². The van der Waals surface area contributed by atoms with Crippen molar-refractivity contribution in [3.05, 3.63) is 42.0 Å². The summed E-state index contributed by atoms with van der Waals surface area (Å²) in [6.07, 6.45) is 0. The molecular weight excluding hydrogens is 408 g/mol. The summed E-state index contributed by atoms with van der Waals surface area (Å²) in [6, 6.07) is 9.61. The minimum atomic E-state index is -0.594. The van der Waals surface area contributed by atoms with E-state index in [4.69, 9.17) is 18.9 Å². The molecular formula is C21H24N2O6S. The molecule has 1 aliphatic heterocycles. The minimum absolute atomic E-state index is 0.244. The molecule has 9 heteroatoms. The monoisotopic (exact) mass is 432 g/mol. The maximum atomic E-state index is 13.2. The first-order valence-corrected chi connectivity index (χ1v) is 10.3. The highest BCUT2D eigenvalue weighted by Crippen LogP contribution is 2.39. The molecule has 3 rings (SSSR count). The topological polar surface area (TPSA) is 86.3 Å². The molecule has 1 heterocycles. The zero-order valence-corrected chi connectivity index (χ0v) is 18.1. The van der Waals surface area contributed by atoms with Crippen LogP contribution in [-0.4, -0.2) is 62.8 Å². The average Bonchev–Trinajstić information content (AvgIpc) is 3.28. The summed E-state index contributed by atoms with van der Waals surface area (Å²) in [7, 11) is 6.05. The molecule has 2 aromatic carbocycles. The Morgan fingerprint density at radius 1 is 0.967 bits per heavy atom. The first-order valence-electron chi connectivity index (χ1n) is 9.16. The molecule has 30 heavy (non-hydrogen) atoms. The largest absolute Gasteiger partial charge is 0.497 e. The third-order valence-electron chi connectivity index (χ3n) is 4.72. The number of hydrogen-bond donors (Lipinski definition) is 1.